The molecule has 106 valence electrons. The van der Waals surface area contributed by atoms with Gasteiger partial charge in [-0.2, -0.15) is 0 Å². The summed E-state index contributed by atoms with van der Waals surface area (Å²) in [4.78, 5) is 0.641. The molecule has 0 nitrogen and oxygen atoms in total. The van der Waals surface area contributed by atoms with E-state index in [2.05, 4.69) is 57.8 Å². The van der Waals surface area contributed by atoms with Crippen molar-refractivity contribution in [3.05, 3.63) is 33.3 Å². The highest BCUT2D eigenvalue weighted by Gasteiger charge is 2.30. The molecular formula is C16H21Br2Cl. The highest BCUT2D eigenvalue weighted by Crippen LogP contribution is 2.39. The van der Waals surface area contributed by atoms with Gasteiger partial charge in [0, 0.05) is 14.3 Å². The Bertz CT molecular complexity index is 431. The molecule has 0 saturated heterocycles. The molecule has 19 heavy (non-hydrogen) atoms. The van der Waals surface area contributed by atoms with Gasteiger partial charge in [-0.25, -0.2) is 0 Å². The van der Waals surface area contributed by atoms with Gasteiger partial charge in [-0.05, 0) is 61.1 Å². The molecule has 0 aromatic heterocycles. The normalized spacial score (nSPS) is 27.8. The second-order valence-corrected chi connectivity index (χ2v) is 8.53. The maximum Gasteiger partial charge on any atom is 0.0449 e. The van der Waals surface area contributed by atoms with Gasteiger partial charge in [0.1, 0.15) is 0 Å². The van der Waals surface area contributed by atoms with E-state index in [0.717, 1.165) is 27.8 Å². The first-order valence-electron chi connectivity index (χ1n) is 7.05. The minimum Gasteiger partial charge on any atom is -0.0888 e. The topological polar surface area (TPSA) is 0 Å². The quantitative estimate of drug-likeness (QED) is 0.502. The fourth-order valence-electron chi connectivity index (χ4n) is 3.05. The molecule has 1 saturated carbocycles. The van der Waals surface area contributed by atoms with Crippen LogP contribution in [0.15, 0.2) is 22.7 Å². The molecule has 0 bridgehead atoms. The van der Waals surface area contributed by atoms with Crippen LogP contribution in [0.3, 0.4) is 0 Å². The maximum atomic E-state index is 6.35. The number of alkyl halides is 1. The summed E-state index contributed by atoms with van der Waals surface area (Å²) in [5.41, 5.74) is 1.28. The lowest BCUT2D eigenvalue weighted by Gasteiger charge is -2.35. The van der Waals surface area contributed by atoms with E-state index >= 15 is 0 Å². The van der Waals surface area contributed by atoms with Gasteiger partial charge in [-0.15, -0.1) is 0 Å². The average Bonchev–Trinajstić information content (AvgIpc) is 2.34. The molecule has 3 heteroatoms. The fourth-order valence-corrected chi connectivity index (χ4v) is 4.47. The lowest BCUT2D eigenvalue weighted by Crippen LogP contribution is -2.29. The van der Waals surface area contributed by atoms with E-state index in [1.54, 1.807) is 0 Å². The first kappa shape index (κ1) is 15.9. The summed E-state index contributed by atoms with van der Waals surface area (Å²) in [6, 6.07) is 6.25. The van der Waals surface area contributed by atoms with Crippen molar-refractivity contribution >= 4 is 43.5 Å². The Labute approximate surface area is 138 Å². The van der Waals surface area contributed by atoms with Crippen molar-refractivity contribution in [2.45, 2.75) is 44.4 Å². The van der Waals surface area contributed by atoms with E-state index in [1.807, 2.05) is 6.07 Å². The molecule has 3 unspecified atom stereocenters. The second-order valence-electron chi connectivity index (χ2n) is 6.03. The molecule has 1 aromatic carbocycles. The number of hydrogen-bond acceptors (Lipinski definition) is 0. The minimum atomic E-state index is 0.641. The van der Waals surface area contributed by atoms with E-state index in [1.165, 1.54) is 24.8 Å². The molecule has 3 atom stereocenters. The van der Waals surface area contributed by atoms with Crippen molar-refractivity contribution in [1.29, 1.82) is 0 Å². The van der Waals surface area contributed by atoms with Crippen LogP contribution >= 0.6 is 43.5 Å². The third-order valence-electron chi connectivity index (χ3n) is 4.37. The van der Waals surface area contributed by atoms with Crippen molar-refractivity contribution in [2.75, 3.05) is 0 Å². The predicted molar refractivity (Wildman–Crippen MR) is 91.2 cm³/mol. The smallest absolute Gasteiger partial charge is 0.0449 e. The molecule has 0 radical (unpaired) electrons. The Hall–Kier alpha value is 0.470. The molecule has 2 rings (SSSR count). The number of rotatable bonds is 3. The van der Waals surface area contributed by atoms with E-state index in [9.17, 15) is 0 Å². The molecule has 0 aliphatic heterocycles. The summed E-state index contributed by atoms with van der Waals surface area (Å²) in [6.07, 6.45) is 5.06. The van der Waals surface area contributed by atoms with E-state index < -0.39 is 0 Å². The van der Waals surface area contributed by atoms with Crippen LogP contribution in [0.2, 0.25) is 5.02 Å². The Kier molecular flexibility index (Phi) is 5.80. The van der Waals surface area contributed by atoms with Gasteiger partial charge in [0.2, 0.25) is 0 Å². The molecule has 1 fully saturated rings. The molecule has 0 heterocycles. The lowest BCUT2D eigenvalue weighted by molar-refractivity contribution is 0.223. The molecule has 1 aliphatic carbocycles. The zero-order chi connectivity index (χ0) is 14.0. The van der Waals surface area contributed by atoms with Crippen LogP contribution in [0.4, 0.5) is 0 Å². The van der Waals surface area contributed by atoms with Crippen molar-refractivity contribution in [3.63, 3.8) is 0 Å². The number of halogens is 3. The van der Waals surface area contributed by atoms with E-state index in [4.69, 9.17) is 11.6 Å². The maximum absolute atomic E-state index is 6.35. The standard InChI is InChI=1S/C16H21Br2Cl/c1-10(2)11-4-6-15(18)13(7-11)8-12-3-5-14(17)9-16(12)19/h3,5,9-11,13,15H,4,6-8H2,1-2H3. The molecular weight excluding hydrogens is 387 g/mol. The van der Waals surface area contributed by atoms with Gasteiger partial charge in [0.25, 0.3) is 0 Å². The highest BCUT2D eigenvalue weighted by molar-refractivity contribution is 9.10. The molecule has 0 N–H and O–H groups in total. The van der Waals surface area contributed by atoms with Crippen LogP contribution in [-0.2, 0) is 6.42 Å². The van der Waals surface area contributed by atoms with Crippen LogP contribution < -0.4 is 0 Å². The van der Waals surface area contributed by atoms with Gasteiger partial charge in [-0.3, -0.25) is 0 Å². The number of hydrogen-bond donors (Lipinski definition) is 0. The van der Waals surface area contributed by atoms with Crippen molar-refractivity contribution < 1.29 is 0 Å². The first-order chi connectivity index (χ1) is 8.97. The second kappa shape index (κ2) is 6.95. The largest absolute Gasteiger partial charge is 0.0888 e. The van der Waals surface area contributed by atoms with Crippen molar-refractivity contribution in [3.8, 4) is 0 Å². The Morgan fingerprint density at radius 1 is 1.32 bits per heavy atom. The van der Waals surface area contributed by atoms with Gasteiger partial charge < -0.3 is 0 Å². The Balaban J connectivity index is 2.07. The summed E-state index contributed by atoms with van der Waals surface area (Å²) in [6.45, 7) is 4.70. The first-order valence-corrected chi connectivity index (χ1v) is 9.14. The molecule has 0 spiro atoms. The molecule has 1 aliphatic rings. The van der Waals surface area contributed by atoms with Crippen molar-refractivity contribution in [2.24, 2.45) is 17.8 Å². The average molecular weight is 409 g/mol. The summed E-state index contributed by atoms with van der Waals surface area (Å²) < 4.78 is 1.06. The van der Waals surface area contributed by atoms with Gasteiger partial charge in [0.05, 0.1) is 0 Å². The zero-order valence-corrected chi connectivity index (χ0v) is 15.4. The van der Waals surface area contributed by atoms with Crippen LogP contribution in [0.5, 0.6) is 0 Å². The summed E-state index contributed by atoms with van der Waals surface area (Å²) in [5.74, 6) is 2.37. The third-order valence-corrected chi connectivity index (χ3v) is 6.42. The van der Waals surface area contributed by atoms with Crippen LogP contribution in [0.1, 0.15) is 38.7 Å². The van der Waals surface area contributed by atoms with E-state index in [0.29, 0.717) is 10.7 Å². The van der Waals surface area contributed by atoms with Crippen LogP contribution in [-0.4, -0.2) is 4.83 Å². The monoisotopic (exact) mass is 406 g/mol. The molecule has 0 amide bonds. The van der Waals surface area contributed by atoms with Crippen LogP contribution in [0, 0.1) is 17.8 Å². The Morgan fingerprint density at radius 3 is 2.68 bits per heavy atom. The lowest BCUT2D eigenvalue weighted by atomic mass is 9.74. The SMILES string of the molecule is CC(C)C1CCC(Br)C(Cc2ccc(Br)cc2Cl)C1. The minimum absolute atomic E-state index is 0.641. The summed E-state index contributed by atoms with van der Waals surface area (Å²) in [5, 5.41) is 0.890. The third kappa shape index (κ3) is 4.22. The summed E-state index contributed by atoms with van der Waals surface area (Å²) in [7, 11) is 0. The van der Waals surface area contributed by atoms with Crippen molar-refractivity contribution in [1.82, 2.24) is 0 Å². The highest BCUT2D eigenvalue weighted by atomic mass is 79.9. The molecule has 1 aromatic rings. The van der Waals surface area contributed by atoms with Gasteiger partial charge >= 0.3 is 0 Å². The number of benzene rings is 1. The predicted octanol–water partition coefficient (Wildman–Crippen LogP) is 6.48. The van der Waals surface area contributed by atoms with Gasteiger partial charge in [-0.1, -0.05) is 63.4 Å². The zero-order valence-electron chi connectivity index (χ0n) is 11.5. The summed E-state index contributed by atoms with van der Waals surface area (Å²) >= 11 is 13.7. The van der Waals surface area contributed by atoms with Crippen LogP contribution in [0.25, 0.3) is 0 Å². The van der Waals surface area contributed by atoms with E-state index in [-0.39, 0.29) is 0 Å². The van der Waals surface area contributed by atoms with Gasteiger partial charge in [0.15, 0.2) is 0 Å². The fraction of sp³-hybridized carbons (Fsp3) is 0.625. The Morgan fingerprint density at radius 2 is 2.05 bits per heavy atom.